The van der Waals surface area contributed by atoms with Gasteiger partial charge in [0.2, 0.25) is 0 Å². The van der Waals surface area contributed by atoms with Crippen molar-refractivity contribution in [3.05, 3.63) is 115 Å². The van der Waals surface area contributed by atoms with Gasteiger partial charge in [0.25, 0.3) is 11.5 Å². The number of amides is 1. The van der Waals surface area contributed by atoms with E-state index in [0.29, 0.717) is 6.54 Å². The van der Waals surface area contributed by atoms with E-state index in [-0.39, 0.29) is 18.1 Å². The molecule has 0 unspecified atom stereocenters. The minimum absolute atomic E-state index is 0.0832. The van der Waals surface area contributed by atoms with Crippen molar-refractivity contribution < 1.29 is 4.79 Å². The monoisotopic (exact) mass is 498 g/mol. The second-order valence-electron chi connectivity index (χ2n) is 9.02. The van der Waals surface area contributed by atoms with Gasteiger partial charge in [-0.2, -0.15) is 5.10 Å². The minimum atomic E-state index is -0.727. The van der Waals surface area contributed by atoms with Gasteiger partial charge in [0.05, 0.1) is 18.8 Å². The van der Waals surface area contributed by atoms with Crippen molar-refractivity contribution in [2.75, 3.05) is 17.7 Å². The molecule has 0 atom stereocenters. The Balaban J connectivity index is 1.58. The molecule has 0 radical (unpaired) electrons. The standard InChI is InChI=1S/C28H30N6O3/c1-18-10-12-22(13-11-18)17-34-20(3)23(19(2)31-34)14-15-24(35)32(4)25-26(29)33(28(37)30-27(25)36)16-21-8-6-5-7-9-21/h5-15H,16-17,29H2,1-4H3,(H,30,36,37)/b15-14+. The molecule has 9 nitrogen and oxygen atoms in total. The van der Waals surface area contributed by atoms with Crippen LogP contribution in [0.25, 0.3) is 6.08 Å². The van der Waals surface area contributed by atoms with Crippen LogP contribution in [0.2, 0.25) is 0 Å². The molecular formula is C28H30N6O3. The van der Waals surface area contributed by atoms with E-state index in [4.69, 9.17) is 5.73 Å². The average Bonchev–Trinajstić information content (AvgIpc) is 3.13. The molecule has 4 rings (SSSR count). The summed E-state index contributed by atoms with van der Waals surface area (Å²) in [5.74, 6) is -0.549. The summed E-state index contributed by atoms with van der Waals surface area (Å²) in [4.78, 5) is 41.5. The van der Waals surface area contributed by atoms with Crippen LogP contribution in [0.1, 0.15) is 33.6 Å². The summed E-state index contributed by atoms with van der Waals surface area (Å²) < 4.78 is 3.14. The highest BCUT2D eigenvalue weighted by atomic mass is 16.2. The van der Waals surface area contributed by atoms with Gasteiger partial charge in [-0.3, -0.25) is 23.8 Å². The summed E-state index contributed by atoms with van der Waals surface area (Å²) in [7, 11) is 1.45. The third-order valence-corrected chi connectivity index (χ3v) is 6.35. The van der Waals surface area contributed by atoms with Gasteiger partial charge in [-0.15, -0.1) is 0 Å². The number of carbonyl (C=O) groups is 1. The lowest BCUT2D eigenvalue weighted by Gasteiger charge is -2.19. The van der Waals surface area contributed by atoms with Crippen LogP contribution in [0.15, 0.2) is 70.3 Å². The first-order valence-electron chi connectivity index (χ1n) is 11.9. The normalized spacial score (nSPS) is 11.2. The van der Waals surface area contributed by atoms with Crippen LogP contribution in [0.3, 0.4) is 0 Å². The molecule has 1 amide bonds. The zero-order valence-corrected chi connectivity index (χ0v) is 21.4. The fraction of sp³-hybridized carbons (Fsp3) is 0.214. The molecule has 0 saturated carbocycles. The second-order valence-corrected chi connectivity index (χ2v) is 9.02. The number of H-pyrrole nitrogens is 1. The van der Waals surface area contributed by atoms with Crippen molar-refractivity contribution in [3.8, 4) is 0 Å². The number of nitrogen functional groups attached to an aromatic ring is 1. The highest BCUT2D eigenvalue weighted by molar-refractivity contribution is 6.04. The number of rotatable bonds is 7. The summed E-state index contributed by atoms with van der Waals surface area (Å²) in [6.45, 7) is 6.65. The summed E-state index contributed by atoms with van der Waals surface area (Å²) >= 11 is 0. The number of likely N-dealkylation sites (N-methyl/N-ethyl adjacent to an activating group) is 1. The molecule has 0 spiro atoms. The van der Waals surface area contributed by atoms with Crippen LogP contribution in [0.4, 0.5) is 11.5 Å². The maximum Gasteiger partial charge on any atom is 0.330 e. The van der Waals surface area contributed by atoms with Gasteiger partial charge in [-0.1, -0.05) is 60.2 Å². The van der Waals surface area contributed by atoms with Crippen molar-refractivity contribution in [2.24, 2.45) is 0 Å². The number of nitrogens with two attached hydrogens (primary N) is 1. The van der Waals surface area contributed by atoms with E-state index in [1.165, 1.54) is 23.3 Å². The van der Waals surface area contributed by atoms with Crippen molar-refractivity contribution in [1.29, 1.82) is 0 Å². The maximum absolute atomic E-state index is 13.0. The molecule has 3 N–H and O–H groups in total. The van der Waals surface area contributed by atoms with Crippen LogP contribution < -0.4 is 21.9 Å². The number of carbonyl (C=O) groups excluding carboxylic acids is 1. The molecule has 0 bridgehead atoms. The Bertz CT molecular complexity index is 1580. The lowest BCUT2D eigenvalue weighted by atomic mass is 10.1. The predicted octanol–water partition coefficient (Wildman–Crippen LogP) is 3.01. The number of nitrogens with zero attached hydrogens (tertiary/aromatic N) is 4. The zero-order chi connectivity index (χ0) is 26.7. The Kier molecular flexibility index (Phi) is 7.24. The first kappa shape index (κ1) is 25.4. The lowest BCUT2D eigenvalue weighted by molar-refractivity contribution is -0.113. The lowest BCUT2D eigenvalue weighted by Crippen LogP contribution is -2.39. The molecule has 9 heteroatoms. The Morgan fingerprint density at radius 3 is 2.32 bits per heavy atom. The highest BCUT2D eigenvalue weighted by Gasteiger charge is 2.20. The van der Waals surface area contributed by atoms with Crippen LogP contribution in [0.5, 0.6) is 0 Å². The molecule has 2 aromatic carbocycles. The summed E-state index contributed by atoms with van der Waals surface area (Å²) in [6.07, 6.45) is 3.06. The van der Waals surface area contributed by atoms with E-state index in [9.17, 15) is 14.4 Å². The molecule has 2 heterocycles. The van der Waals surface area contributed by atoms with E-state index < -0.39 is 17.2 Å². The maximum atomic E-state index is 13.0. The quantitative estimate of drug-likeness (QED) is 0.380. The van der Waals surface area contributed by atoms with Crippen molar-refractivity contribution in [2.45, 2.75) is 33.9 Å². The zero-order valence-electron chi connectivity index (χ0n) is 21.4. The highest BCUT2D eigenvalue weighted by Crippen LogP contribution is 2.19. The smallest absolute Gasteiger partial charge is 0.330 e. The van der Waals surface area contributed by atoms with E-state index in [0.717, 1.165) is 33.0 Å². The number of anilines is 2. The van der Waals surface area contributed by atoms with E-state index in [1.807, 2.05) is 55.8 Å². The molecule has 0 aliphatic heterocycles. The fourth-order valence-corrected chi connectivity index (χ4v) is 4.17. The SMILES string of the molecule is Cc1ccc(Cn2nc(C)c(/C=C/C(=O)N(C)c3c(N)n(Cc4ccccc4)c(=O)[nH]c3=O)c2C)cc1. The van der Waals surface area contributed by atoms with E-state index in [1.54, 1.807) is 6.08 Å². The van der Waals surface area contributed by atoms with Gasteiger partial charge in [-0.05, 0) is 38.0 Å². The molecular weight excluding hydrogens is 468 g/mol. The number of benzene rings is 2. The number of hydrogen-bond donors (Lipinski definition) is 2. The van der Waals surface area contributed by atoms with Gasteiger partial charge in [0.15, 0.2) is 5.69 Å². The Morgan fingerprint density at radius 2 is 1.65 bits per heavy atom. The second kappa shape index (κ2) is 10.5. The Morgan fingerprint density at radius 1 is 1.00 bits per heavy atom. The Hall–Kier alpha value is -4.66. The van der Waals surface area contributed by atoms with Crippen LogP contribution in [-0.4, -0.2) is 32.3 Å². The van der Waals surface area contributed by atoms with Crippen LogP contribution >= 0.6 is 0 Å². The summed E-state index contributed by atoms with van der Waals surface area (Å²) in [5.41, 5.74) is 10.4. The number of aromatic nitrogens is 4. The largest absolute Gasteiger partial charge is 0.383 e. The van der Waals surface area contributed by atoms with Gasteiger partial charge >= 0.3 is 5.69 Å². The molecule has 0 saturated heterocycles. The minimum Gasteiger partial charge on any atom is -0.383 e. The number of nitrogens with one attached hydrogen (secondary N) is 1. The predicted molar refractivity (Wildman–Crippen MR) is 146 cm³/mol. The van der Waals surface area contributed by atoms with E-state index in [2.05, 4.69) is 34.3 Å². The van der Waals surface area contributed by atoms with Gasteiger partial charge < -0.3 is 10.6 Å². The molecule has 2 aromatic heterocycles. The van der Waals surface area contributed by atoms with Gasteiger partial charge in [0.1, 0.15) is 5.82 Å². The summed E-state index contributed by atoms with van der Waals surface area (Å²) in [5, 5.41) is 4.63. The van der Waals surface area contributed by atoms with Crippen molar-refractivity contribution >= 4 is 23.5 Å². The first-order valence-corrected chi connectivity index (χ1v) is 11.9. The van der Waals surface area contributed by atoms with Crippen molar-refractivity contribution in [3.63, 3.8) is 0 Å². The molecule has 0 aliphatic rings. The topological polar surface area (TPSA) is 119 Å². The van der Waals surface area contributed by atoms with Gasteiger partial charge in [0, 0.05) is 24.4 Å². The third kappa shape index (κ3) is 5.45. The van der Waals surface area contributed by atoms with Gasteiger partial charge in [-0.25, -0.2) is 4.79 Å². The Labute approximate surface area is 214 Å². The molecule has 0 aliphatic carbocycles. The number of aryl methyl sites for hydroxylation is 2. The van der Waals surface area contributed by atoms with Crippen LogP contribution in [-0.2, 0) is 17.9 Å². The van der Waals surface area contributed by atoms with Crippen molar-refractivity contribution in [1.82, 2.24) is 19.3 Å². The molecule has 37 heavy (non-hydrogen) atoms. The third-order valence-electron chi connectivity index (χ3n) is 6.35. The fourth-order valence-electron chi connectivity index (χ4n) is 4.17. The average molecular weight is 499 g/mol. The summed E-state index contributed by atoms with van der Waals surface area (Å²) in [6, 6.07) is 17.5. The molecule has 190 valence electrons. The van der Waals surface area contributed by atoms with E-state index >= 15 is 0 Å². The molecule has 0 fully saturated rings. The first-order chi connectivity index (χ1) is 17.7. The van der Waals surface area contributed by atoms with Crippen LogP contribution in [0, 0.1) is 20.8 Å². The molecule has 4 aromatic rings. The number of aromatic amines is 1. The number of hydrogen-bond acceptors (Lipinski definition) is 5.